The summed E-state index contributed by atoms with van der Waals surface area (Å²) in [6.07, 6.45) is -0.903. The van der Waals surface area contributed by atoms with Gasteiger partial charge in [-0.1, -0.05) is 18.2 Å². The standard InChI is InChI=1S/C16H23F3N2O2/c1-11(12-7-5-6-8-13(12)17)20-9-16(18,19)10-21-14(22)23-15(2,3)4/h5-8,11,20H,9-10H2,1-4H3,(H,21,22). The molecule has 0 spiro atoms. The maximum atomic E-state index is 13.8. The van der Waals surface area contributed by atoms with Gasteiger partial charge in [0.15, 0.2) is 0 Å². The predicted molar refractivity (Wildman–Crippen MR) is 82.0 cm³/mol. The van der Waals surface area contributed by atoms with Gasteiger partial charge < -0.3 is 15.4 Å². The summed E-state index contributed by atoms with van der Waals surface area (Å²) >= 11 is 0. The number of alkyl halides is 2. The molecule has 0 fully saturated rings. The Balaban J connectivity index is 2.46. The number of ether oxygens (including phenoxy) is 1. The molecule has 0 aliphatic heterocycles. The van der Waals surface area contributed by atoms with Crippen molar-refractivity contribution in [2.75, 3.05) is 13.1 Å². The van der Waals surface area contributed by atoms with E-state index in [4.69, 9.17) is 4.74 Å². The van der Waals surface area contributed by atoms with Crippen LogP contribution < -0.4 is 10.6 Å². The van der Waals surface area contributed by atoms with Gasteiger partial charge in [0.25, 0.3) is 5.92 Å². The summed E-state index contributed by atoms with van der Waals surface area (Å²) in [5.74, 6) is -3.64. The number of amides is 1. The summed E-state index contributed by atoms with van der Waals surface area (Å²) in [6, 6.07) is 5.40. The summed E-state index contributed by atoms with van der Waals surface area (Å²) in [5.41, 5.74) is -0.444. The predicted octanol–water partition coefficient (Wildman–Crippen LogP) is 3.64. The van der Waals surface area contributed by atoms with E-state index in [1.165, 1.54) is 18.2 Å². The monoisotopic (exact) mass is 332 g/mol. The molecule has 0 aliphatic carbocycles. The van der Waals surface area contributed by atoms with Gasteiger partial charge in [0.05, 0.1) is 13.1 Å². The van der Waals surface area contributed by atoms with Gasteiger partial charge in [0.2, 0.25) is 0 Å². The number of carbonyl (C=O) groups excluding carboxylic acids is 1. The zero-order valence-corrected chi connectivity index (χ0v) is 13.8. The number of hydrogen-bond acceptors (Lipinski definition) is 3. The number of halogens is 3. The Labute approximate surface area is 134 Å². The van der Waals surface area contributed by atoms with Crippen molar-refractivity contribution in [3.8, 4) is 0 Å². The Morgan fingerprint density at radius 2 is 1.83 bits per heavy atom. The van der Waals surface area contributed by atoms with Crippen molar-refractivity contribution in [3.05, 3.63) is 35.6 Å². The van der Waals surface area contributed by atoms with E-state index >= 15 is 0 Å². The van der Waals surface area contributed by atoms with Crippen molar-refractivity contribution in [1.82, 2.24) is 10.6 Å². The first-order valence-electron chi connectivity index (χ1n) is 7.33. The summed E-state index contributed by atoms with van der Waals surface area (Å²) in [4.78, 5) is 11.4. The molecule has 23 heavy (non-hydrogen) atoms. The van der Waals surface area contributed by atoms with Crippen molar-refractivity contribution in [3.63, 3.8) is 0 Å². The van der Waals surface area contributed by atoms with Crippen LogP contribution in [0.2, 0.25) is 0 Å². The summed E-state index contributed by atoms with van der Waals surface area (Å²) in [7, 11) is 0. The first-order valence-corrected chi connectivity index (χ1v) is 7.33. The highest BCUT2D eigenvalue weighted by molar-refractivity contribution is 5.67. The van der Waals surface area contributed by atoms with Crippen LogP contribution in [0.5, 0.6) is 0 Å². The molecule has 0 radical (unpaired) electrons. The van der Waals surface area contributed by atoms with Gasteiger partial charge in [-0.2, -0.15) is 0 Å². The van der Waals surface area contributed by atoms with E-state index in [9.17, 15) is 18.0 Å². The van der Waals surface area contributed by atoms with Gasteiger partial charge in [0.1, 0.15) is 11.4 Å². The third kappa shape index (κ3) is 7.36. The number of nitrogens with one attached hydrogen (secondary N) is 2. The van der Waals surface area contributed by atoms with E-state index in [0.29, 0.717) is 5.56 Å². The van der Waals surface area contributed by atoms with Crippen LogP contribution in [-0.4, -0.2) is 30.7 Å². The molecular formula is C16H23F3N2O2. The van der Waals surface area contributed by atoms with Gasteiger partial charge in [-0.05, 0) is 33.8 Å². The lowest BCUT2D eigenvalue weighted by Crippen LogP contribution is -2.45. The average molecular weight is 332 g/mol. The number of benzene rings is 1. The molecule has 7 heteroatoms. The highest BCUT2D eigenvalue weighted by atomic mass is 19.3. The molecule has 1 aromatic carbocycles. The van der Waals surface area contributed by atoms with Crippen LogP contribution in [0.3, 0.4) is 0 Å². The second-order valence-corrected chi connectivity index (χ2v) is 6.34. The van der Waals surface area contributed by atoms with Crippen molar-refractivity contribution in [2.24, 2.45) is 0 Å². The Hall–Kier alpha value is -1.76. The third-order valence-electron chi connectivity index (χ3n) is 2.93. The number of hydrogen-bond donors (Lipinski definition) is 2. The minimum absolute atomic E-state index is 0.309. The fourth-order valence-electron chi connectivity index (χ4n) is 1.82. The second kappa shape index (κ2) is 7.68. The first-order chi connectivity index (χ1) is 10.5. The molecule has 1 amide bonds. The van der Waals surface area contributed by atoms with E-state index in [0.717, 1.165) is 0 Å². The van der Waals surface area contributed by atoms with Crippen molar-refractivity contribution < 1.29 is 22.7 Å². The largest absolute Gasteiger partial charge is 0.444 e. The molecule has 0 bridgehead atoms. The topological polar surface area (TPSA) is 50.4 Å². The minimum Gasteiger partial charge on any atom is -0.444 e. The molecule has 2 N–H and O–H groups in total. The molecule has 1 aromatic rings. The molecule has 1 rings (SSSR count). The summed E-state index contributed by atoms with van der Waals surface area (Å²) in [5, 5.41) is 4.60. The first kappa shape index (κ1) is 19.3. The Kier molecular flexibility index (Phi) is 6.44. The number of alkyl carbamates (subject to hydrolysis) is 1. The van der Waals surface area contributed by atoms with Gasteiger partial charge in [0, 0.05) is 11.6 Å². The van der Waals surface area contributed by atoms with E-state index in [2.05, 4.69) is 5.32 Å². The van der Waals surface area contributed by atoms with Crippen LogP contribution in [0.25, 0.3) is 0 Å². The second-order valence-electron chi connectivity index (χ2n) is 6.34. The fourth-order valence-corrected chi connectivity index (χ4v) is 1.82. The Morgan fingerprint density at radius 1 is 1.22 bits per heavy atom. The third-order valence-corrected chi connectivity index (χ3v) is 2.93. The Bertz CT molecular complexity index is 530. The van der Waals surface area contributed by atoms with E-state index in [1.807, 2.05) is 5.32 Å². The molecule has 4 nitrogen and oxygen atoms in total. The van der Waals surface area contributed by atoms with Gasteiger partial charge >= 0.3 is 6.09 Å². The van der Waals surface area contributed by atoms with Gasteiger partial charge in [-0.3, -0.25) is 0 Å². The average Bonchev–Trinajstić information content (AvgIpc) is 2.42. The van der Waals surface area contributed by atoms with Crippen LogP contribution in [0.15, 0.2) is 24.3 Å². The van der Waals surface area contributed by atoms with Crippen molar-refractivity contribution in [1.29, 1.82) is 0 Å². The van der Waals surface area contributed by atoms with Crippen LogP contribution >= 0.6 is 0 Å². The molecular weight excluding hydrogens is 309 g/mol. The van der Waals surface area contributed by atoms with E-state index in [1.54, 1.807) is 33.8 Å². The van der Waals surface area contributed by atoms with Crippen LogP contribution in [-0.2, 0) is 4.74 Å². The van der Waals surface area contributed by atoms with Crippen LogP contribution in [0.1, 0.15) is 39.3 Å². The molecule has 130 valence electrons. The van der Waals surface area contributed by atoms with Crippen LogP contribution in [0, 0.1) is 5.82 Å². The number of carbonyl (C=O) groups is 1. The van der Waals surface area contributed by atoms with Crippen molar-refractivity contribution in [2.45, 2.75) is 45.3 Å². The number of rotatable bonds is 6. The fraction of sp³-hybridized carbons (Fsp3) is 0.562. The highest BCUT2D eigenvalue weighted by Crippen LogP contribution is 2.18. The lowest BCUT2D eigenvalue weighted by molar-refractivity contribution is -0.00531. The molecule has 1 unspecified atom stereocenters. The smallest absolute Gasteiger partial charge is 0.407 e. The normalized spacial score (nSPS) is 13.5. The van der Waals surface area contributed by atoms with Crippen LogP contribution in [0.4, 0.5) is 18.0 Å². The van der Waals surface area contributed by atoms with E-state index < -0.39 is 42.6 Å². The maximum absolute atomic E-state index is 13.8. The van der Waals surface area contributed by atoms with Gasteiger partial charge in [-0.25, -0.2) is 18.0 Å². The van der Waals surface area contributed by atoms with Gasteiger partial charge in [-0.15, -0.1) is 0 Å². The molecule has 0 saturated carbocycles. The highest BCUT2D eigenvalue weighted by Gasteiger charge is 2.31. The summed E-state index contributed by atoms with van der Waals surface area (Å²) < 4.78 is 46.0. The minimum atomic E-state index is -3.18. The quantitative estimate of drug-likeness (QED) is 0.836. The maximum Gasteiger partial charge on any atom is 0.407 e. The molecule has 0 heterocycles. The lowest BCUT2D eigenvalue weighted by Gasteiger charge is -2.23. The molecule has 1 atom stereocenters. The van der Waals surface area contributed by atoms with Crippen molar-refractivity contribution >= 4 is 6.09 Å². The Morgan fingerprint density at radius 3 is 2.39 bits per heavy atom. The lowest BCUT2D eigenvalue weighted by atomic mass is 10.1. The SMILES string of the molecule is CC(NCC(F)(F)CNC(=O)OC(C)(C)C)c1ccccc1F. The molecule has 0 saturated heterocycles. The zero-order valence-electron chi connectivity index (χ0n) is 13.8. The molecule has 0 aliphatic rings. The summed E-state index contributed by atoms with van der Waals surface area (Å²) in [6.45, 7) is 4.96. The van der Waals surface area contributed by atoms with E-state index in [-0.39, 0.29) is 0 Å². The zero-order chi connectivity index (χ0) is 17.7. The molecule has 0 aromatic heterocycles.